The summed E-state index contributed by atoms with van der Waals surface area (Å²) >= 11 is 0. The predicted molar refractivity (Wildman–Crippen MR) is 126 cm³/mol. The lowest BCUT2D eigenvalue weighted by Crippen LogP contribution is -2.33. The molecule has 2 aromatic heterocycles. The Labute approximate surface area is 200 Å². The van der Waals surface area contributed by atoms with Crippen LogP contribution >= 0.6 is 0 Å². The largest absolute Gasteiger partial charge is 0.481 e. The van der Waals surface area contributed by atoms with Crippen LogP contribution in [0.15, 0.2) is 54.7 Å². The van der Waals surface area contributed by atoms with Crippen molar-refractivity contribution in [1.29, 1.82) is 0 Å². The average molecular weight is 480 g/mol. The minimum atomic E-state index is -1.07. The lowest BCUT2D eigenvalue weighted by atomic mass is 10.0. The fourth-order valence-electron chi connectivity index (χ4n) is 3.73. The zero-order valence-corrected chi connectivity index (χ0v) is 18.9. The second-order valence-electron chi connectivity index (χ2n) is 8.16. The van der Waals surface area contributed by atoms with Crippen molar-refractivity contribution in [2.75, 3.05) is 6.54 Å². The van der Waals surface area contributed by atoms with E-state index < -0.39 is 23.7 Å². The van der Waals surface area contributed by atoms with Gasteiger partial charge in [0.05, 0.1) is 35.7 Å². The summed E-state index contributed by atoms with van der Waals surface area (Å²) < 4.78 is 14.6. The molecule has 2 aromatic carbocycles. The van der Waals surface area contributed by atoms with E-state index in [4.69, 9.17) is 5.11 Å². The maximum absolute atomic E-state index is 13.2. The Hall–Kier alpha value is -4.12. The second-order valence-corrected chi connectivity index (χ2v) is 8.16. The number of amides is 1. The molecular weight excluding hydrogens is 453 g/mol. The van der Waals surface area contributed by atoms with Crippen molar-refractivity contribution in [3.05, 3.63) is 77.6 Å². The van der Waals surface area contributed by atoms with Gasteiger partial charge in [0.25, 0.3) is 0 Å². The number of halogens is 1. The number of aromatic nitrogens is 5. The zero-order chi connectivity index (χ0) is 24.6. The molecule has 0 radical (unpaired) electrons. The number of rotatable bonds is 12. The highest BCUT2D eigenvalue weighted by atomic mass is 19.1. The van der Waals surface area contributed by atoms with E-state index in [1.165, 1.54) is 28.9 Å². The van der Waals surface area contributed by atoms with E-state index in [0.717, 1.165) is 35.5 Å². The summed E-state index contributed by atoms with van der Waals surface area (Å²) in [5.74, 6) is -1.04. The second kappa shape index (κ2) is 11.3. The molecule has 4 rings (SSSR count). The standard InChI is InChI=1S/C24H26FN7O3/c25-17-9-7-16(8-10-17)21(12-24(34)35)29-23(33)15-32-14-18(30-31-32)4-3-11-26-13-22-27-19-5-1-2-6-20(19)28-22/h1-2,5-10,14,21,26H,3-4,11-13,15H2,(H,27,28)(H,29,33)(H,34,35)/t21-/m1/s1. The number of benzene rings is 2. The Morgan fingerprint density at radius 1 is 1.14 bits per heavy atom. The third-order valence-corrected chi connectivity index (χ3v) is 5.40. The summed E-state index contributed by atoms with van der Waals surface area (Å²) in [4.78, 5) is 31.5. The van der Waals surface area contributed by atoms with Gasteiger partial charge in [-0.15, -0.1) is 5.10 Å². The van der Waals surface area contributed by atoms with Crippen LogP contribution < -0.4 is 10.6 Å². The van der Waals surface area contributed by atoms with Crippen LogP contribution in [0.3, 0.4) is 0 Å². The molecule has 0 bridgehead atoms. The highest BCUT2D eigenvalue weighted by Gasteiger charge is 2.19. The monoisotopic (exact) mass is 479 g/mol. The minimum Gasteiger partial charge on any atom is -0.481 e. The average Bonchev–Trinajstić information content (AvgIpc) is 3.45. The number of aliphatic carboxylic acids is 1. The molecule has 4 aromatic rings. The molecule has 4 N–H and O–H groups in total. The number of aryl methyl sites for hydroxylation is 1. The SMILES string of the molecule is O=C(O)C[C@@H](NC(=O)Cn1cc(CCCNCc2nc3ccccc3[nH]2)nn1)c1ccc(F)cc1. The van der Waals surface area contributed by atoms with Gasteiger partial charge in [0, 0.05) is 6.20 Å². The van der Waals surface area contributed by atoms with Gasteiger partial charge in [-0.2, -0.15) is 0 Å². The van der Waals surface area contributed by atoms with Gasteiger partial charge in [-0.25, -0.2) is 14.1 Å². The van der Waals surface area contributed by atoms with Crippen LogP contribution in [-0.2, 0) is 29.1 Å². The normalized spacial score (nSPS) is 12.0. The van der Waals surface area contributed by atoms with E-state index in [0.29, 0.717) is 18.5 Å². The van der Waals surface area contributed by atoms with Gasteiger partial charge in [0.15, 0.2) is 0 Å². The molecule has 1 atom stereocenters. The van der Waals surface area contributed by atoms with Gasteiger partial charge in [-0.1, -0.05) is 29.5 Å². The number of carboxylic acids is 1. The van der Waals surface area contributed by atoms with E-state index in [1.807, 2.05) is 24.3 Å². The fourth-order valence-corrected chi connectivity index (χ4v) is 3.73. The summed E-state index contributed by atoms with van der Waals surface area (Å²) in [5.41, 5.74) is 3.22. The number of H-pyrrole nitrogens is 1. The Kier molecular flexibility index (Phi) is 7.78. The Morgan fingerprint density at radius 3 is 2.71 bits per heavy atom. The first kappa shape index (κ1) is 24.0. The highest BCUT2D eigenvalue weighted by Crippen LogP contribution is 2.17. The molecule has 182 valence electrons. The Balaban J connectivity index is 1.21. The summed E-state index contributed by atoms with van der Waals surface area (Å²) in [6.45, 7) is 1.29. The van der Waals surface area contributed by atoms with Crippen LogP contribution in [-0.4, -0.2) is 48.5 Å². The maximum atomic E-state index is 13.2. The molecule has 10 nitrogen and oxygen atoms in total. The van der Waals surface area contributed by atoms with Crippen LogP contribution in [0.4, 0.5) is 4.39 Å². The Bertz CT molecular complexity index is 1250. The van der Waals surface area contributed by atoms with Gasteiger partial charge in [-0.3, -0.25) is 9.59 Å². The lowest BCUT2D eigenvalue weighted by Gasteiger charge is -2.17. The first-order valence-corrected chi connectivity index (χ1v) is 11.3. The zero-order valence-electron chi connectivity index (χ0n) is 18.9. The third kappa shape index (κ3) is 6.93. The van der Waals surface area contributed by atoms with Crippen molar-refractivity contribution in [1.82, 2.24) is 35.6 Å². The Morgan fingerprint density at radius 2 is 1.94 bits per heavy atom. The third-order valence-electron chi connectivity index (χ3n) is 5.40. The molecule has 0 aliphatic rings. The van der Waals surface area contributed by atoms with E-state index >= 15 is 0 Å². The van der Waals surface area contributed by atoms with Gasteiger partial charge < -0.3 is 20.7 Å². The van der Waals surface area contributed by atoms with Crippen molar-refractivity contribution in [3.63, 3.8) is 0 Å². The van der Waals surface area contributed by atoms with E-state index in [9.17, 15) is 14.0 Å². The van der Waals surface area contributed by atoms with Gasteiger partial charge in [-0.05, 0) is 49.2 Å². The van der Waals surface area contributed by atoms with Gasteiger partial charge in [0.2, 0.25) is 5.91 Å². The molecule has 35 heavy (non-hydrogen) atoms. The van der Waals surface area contributed by atoms with Crippen LogP contribution in [0.1, 0.15) is 36.0 Å². The number of hydrogen-bond acceptors (Lipinski definition) is 6. The van der Waals surface area contributed by atoms with Crippen molar-refractivity contribution >= 4 is 22.9 Å². The van der Waals surface area contributed by atoms with Gasteiger partial charge >= 0.3 is 5.97 Å². The number of nitrogens with one attached hydrogen (secondary N) is 3. The molecule has 2 heterocycles. The molecule has 1 amide bonds. The van der Waals surface area contributed by atoms with Crippen molar-refractivity contribution < 1.29 is 19.1 Å². The predicted octanol–water partition coefficient (Wildman–Crippen LogP) is 2.35. The number of fused-ring (bicyclic) bond motifs is 1. The van der Waals surface area contributed by atoms with E-state index in [1.54, 1.807) is 6.20 Å². The molecule has 0 unspecified atom stereocenters. The number of carbonyl (C=O) groups is 2. The highest BCUT2D eigenvalue weighted by molar-refractivity contribution is 5.77. The molecule has 0 saturated carbocycles. The number of carboxylic acid groups (broad SMARTS) is 1. The molecule has 0 aliphatic carbocycles. The first-order valence-electron chi connectivity index (χ1n) is 11.3. The van der Waals surface area contributed by atoms with Crippen LogP contribution in [0, 0.1) is 5.82 Å². The quantitative estimate of drug-likeness (QED) is 0.229. The van der Waals surface area contributed by atoms with E-state index in [2.05, 4.69) is 30.9 Å². The fraction of sp³-hybridized carbons (Fsp3) is 0.292. The number of imidazole rings is 1. The van der Waals surface area contributed by atoms with Crippen molar-refractivity contribution in [3.8, 4) is 0 Å². The molecule has 0 fully saturated rings. The van der Waals surface area contributed by atoms with E-state index in [-0.39, 0.29) is 13.0 Å². The number of hydrogen-bond donors (Lipinski definition) is 4. The van der Waals surface area contributed by atoms with Crippen molar-refractivity contribution in [2.45, 2.75) is 38.4 Å². The van der Waals surface area contributed by atoms with Crippen LogP contribution in [0.25, 0.3) is 11.0 Å². The van der Waals surface area contributed by atoms with Crippen LogP contribution in [0.2, 0.25) is 0 Å². The molecular formula is C24H26FN7O3. The molecule has 0 aliphatic heterocycles. The van der Waals surface area contributed by atoms with Gasteiger partial charge in [0.1, 0.15) is 18.2 Å². The molecule has 11 heteroatoms. The lowest BCUT2D eigenvalue weighted by molar-refractivity contribution is -0.137. The summed E-state index contributed by atoms with van der Waals surface area (Å²) in [6.07, 6.45) is 2.90. The molecule has 0 spiro atoms. The minimum absolute atomic E-state index is 0.103. The maximum Gasteiger partial charge on any atom is 0.305 e. The first-order chi connectivity index (χ1) is 17.0. The topological polar surface area (TPSA) is 138 Å². The molecule has 0 saturated heterocycles. The summed E-state index contributed by atoms with van der Waals surface area (Å²) in [5, 5.41) is 23.3. The summed E-state index contributed by atoms with van der Waals surface area (Å²) in [7, 11) is 0. The van der Waals surface area contributed by atoms with Crippen molar-refractivity contribution in [2.24, 2.45) is 0 Å². The summed E-state index contributed by atoms with van der Waals surface area (Å²) in [6, 6.07) is 12.5. The number of para-hydroxylation sites is 2. The number of nitrogens with zero attached hydrogens (tertiary/aromatic N) is 4. The number of carbonyl (C=O) groups excluding carboxylic acids is 1. The smallest absolute Gasteiger partial charge is 0.305 e. The number of aromatic amines is 1. The van der Waals surface area contributed by atoms with Crippen LogP contribution in [0.5, 0.6) is 0 Å².